The number of benzene rings is 2. The van der Waals surface area contributed by atoms with Gasteiger partial charge in [-0.1, -0.05) is 40.2 Å². The van der Waals surface area contributed by atoms with Gasteiger partial charge in [-0.05, 0) is 43.8 Å². The van der Waals surface area contributed by atoms with E-state index >= 15 is 0 Å². The summed E-state index contributed by atoms with van der Waals surface area (Å²) in [4.78, 5) is 0.247. The van der Waals surface area contributed by atoms with Crippen LogP contribution in [0.4, 0.5) is 5.69 Å². The fourth-order valence-electron chi connectivity index (χ4n) is 2.00. The molecule has 1 atom stereocenters. The third-order valence-electron chi connectivity index (χ3n) is 3.19. The number of halogens is 1. The maximum atomic E-state index is 12.0. The minimum absolute atomic E-state index is 0.00805. The fraction of sp³-hybridized carbons (Fsp3) is 0.200. The summed E-state index contributed by atoms with van der Waals surface area (Å²) in [6, 6.07) is 14.8. The molecule has 0 fully saturated rings. The summed E-state index contributed by atoms with van der Waals surface area (Å²) in [6.45, 7) is 1.99. The summed E-state index contributed by atoms with van der Waals surface area (Å²) in [5.74, 6) is 0. The molecule has 0 aliphatic carbocycles. The Morgan fingerprint density at radius 2 is 1.67 bits per heavy atom. The lowest BCUT2D eigenvalue weighted by molar-refractivity contribution is 0.588. The fourth-order valence-corrected chi connectivity index (χ4v) is 3.16. The van der Waals surface area contributed by atoms with Crippen molar-refractivity contribution in [3.63, 3.8) is 0 Å². The Morgan fingerprint density at radius 3 is 2.29 bits per heavy atom. The van der Waals surface area contributed by atoms with Crippen LogP contribution in [0, 0.1) is 0 Å². The molecule has 0 amide bonds. The van der Waals surface area contributed by atoms with E-state index in [4.69, 9.17) is 0 Å². The highest BCUT2D eigenvalue weighted by molar-refractivity contribution is 9.10. The summed E-state index contributed by atoms with van der Waals surface area (Å²) < 4.78 is 27.4. The molecule has 2 aromatic carbocycles. The average molecular weight is 369 g/mol. The van der Waals surface area contributed by atoms with Crippen LogP contribution in [-0.4, -0.2) is 15.5 Å². The molecule has 0 aliphatic rings. The van der Waals surface area contributed by atoms with Gasteiger partial charge in [0.1, 0.15) is 4.90 Å². The molecule has 112 valence electrons. The van der Waals surface area contributed by atoms with Crippen LogP contribution in [0.2, 0.25) is 0 Å². The zero-order chi connectivity index (χ0) is 15.5. The first kappa shape index (κ1) is 16.0. The second-order valence-electron chi connectivity index (χ2n) is 4.62. The monoisotopic (exact) mass is 368 g/mol. The first-order valence-electron chi connectivity index (χ1n) is 6.48. The van der Waals surface area contributed by atoms with Crippen molar-refractivity contribution in [3.05, 3.63) is 58.6 Å². The number of anilines is 1. The molecular formula is C15H17BrN2O2S. The van der Waals surface area contributed by atoms with Crippen LogP contribution in [0.15, 0.2) is 57.9 Å². The summed E-state index contributed by atoms with van der Waals surface area (Å²) in [7, 11) is -2.08. The maximum Gasteiger partial charge on any atom is 0.242 e. The molecule has 0 aliphatic heterocycles. The normalized spacial score (nSPS) is 12.9. The van der Waals surface area contributed by atoms with Gasteiger partial charge in [0.25, 0.3) is 0 Å². The van der Waals surface area contributed by atoms with Gasteiger partial charge in [-0.15, -0.1) is 0 Å². The van der Waals surface area contributed by atoms with Crippen LogP contribution in [0.1, 0.15) is 18.5 Å². The molecule has 1 unspecified atom stereocenters. The van der Waals surface area contributed by atoms with Gasteiger partial charge in [-0.2, -0.15) is 0 Å². The Balaban J connectivity index is 2.30. The van der Waals surface area contributed by atoms with Crippen molar-refractivity contribution in [2.24, 2.45) is 0 Å². The van der Waals surface area contributed by atoms with Crippen molar-refractivity contribution in [1.82, 2.24) is 4.72 Å². The molecule has 2 rings (SSSR count). The maximum absolute atomic E-state index is 12.0. The summed E-state index contributed by atoms with van der Waals surface area (Å²) in [5, 5.41) is 3.25. The van der Waals surface area contributed by atoms with E-state index in [-0.39, 0.29) is 10.9 Å². The molecule has 6 heteroatoms. The van der Waals surface area contributed by atoms with E-state index in [1.54, 1.807) is 18.2 Å². The summed E-state index contributed by atoms with van der Waals surface area (Å²) in [5.41, 5.74) is 1.66. The van der Waals surface area contributed by atoms with Crippen molar-refractivity contribution >= 4 is 31.6 Å². The van der Waals surface area contributed by atoms with E-state index in [1.165, 1.54) is 7.05 Å². The summed E-state index contributed by atoms with van der Waals surface area (Å²) >= 11 is 3.40. The van der Waals surface area contributed by atoms with E-state index in [1.807, 2.05) is 37.3 Å². The largest absolute Gasteiger partial charge is 0.377 e. The number of sulfonamides is 1. The lowest BCUT2D eigenvalue weighted by Crippen LogP contribution is -2.20. The standard InChI is InChI=1S/C15H17BrN2O2S/c1-11(12-7-9-13(16)10-8-12)18-14-5-3-4-6-15(14)21(19,20)17-2/h3-11,17-18H,1-2H3. The van der Waals surface area contributed by atoms with Crippen LogP contribution < -0.4 is 10.0 Å². The smallest absolute Gasteiger partial charge is 0.242 e. The second-order valence-corrected chi connectivity index (χ2v) is 7.39. The Labute approximate surface area is 133 Å². The van der Waals surface area contributed by atoms with Gasteiger partial charge < -0.3 is 5.32 Å². The van der Waals surface area contributed by atoms with Crippen molar-refractivity contribution in [1.29, 1.82) is 0 Å². The third kappa shape index (κ3) is 3.84. The van der Waals surface area contributed by atoms with Crippen molar-refractivity contribution in [2.45, 2.75) is 17.9 Å². The van der Waals surface area contributed by atoms with Crippen molar-refractivity contribution < 1.29 is 8.42 Å². The lowest BCUT2D eigenvalue weighted by atomic mass is 10.1. The molecular weight excluding hydrogens is 352 g/mol. The van der Waals surface area contributed by atoms with Gasteiger partial charge in [0.05, 0.1) is 5.69 Å². The molecule has 0 bridgehead atoms. The van der Waals surface area contributed by atoms with E-state index < -0.39 is 10.0 Å². The van der Waals surface area contributed by atoms with Gasteiger partial charge in [0.15, 0.2) is 0 Å². The van der Waals surface area contributed by atoms with E-state index in [0.29, 0.717) is 5.69 Å². The molecule has 0 heterocycles. The molecule has 0 radical (unpaired) electrons. The first-order valence-corrected chi connectivity index (χ1v) is 8.76. The SMILES string of the molecule is CNS(=O)(=O)c1ccccc1NC(C)c1ccc(Br)cc1. The summed E-state index contributed by atoms with van der Waals surface area (Å²) in [6.07, 6.45) is 0. The van der Waals surface area contributed by atoms with Gasteiger partial charge in [0, 0.05) is 10.5 Å². The molecule has 0 saturated carbocycles. The predicted octanol–water partition coefficient (Wildman–Crippen LogP) is 3.53. The Bertz CT molecular complexity index is 715. The molecule has 21 heavy (non-hydrogen) atoms. The van der Waals surface area contributed by atoms with E-state index in [2.05, 4.69) is 26.0 Å². The highest BCUT2D eigenvalue weighted by Crippen LogP contribution is 2.26. The topological polar surface area (TPSA) is 58.2 Å². The lowest BCUT2D eigenvalue weighted by Gasteiger charge is -2.18. The van der Waals surface area contributed by atoms with Gasteiger partial charge in [-0.3, -0.25) is 0 Å². The number of rotatable bonds is 5. The van der Waals surface area contributed by atoms with Crippen LogP contribution in [0.5, 0.6) is 0 Å². The van der Waals surface area contributed by atoms with Gasteiger partial charge >= 0.3 is 0 Å². The Kier molecular flexibility index (Phi) is 5.03. The average Bonchev–Trinajstić information content (AvgIpc) is 2.48. The molecule has 4 nitrogen and oxygen atoms in total. The van der Waals surface area contributed by atoms with Gasteiger partial charge in [0.2, 0.25) is 10.0 Å². The number of hydrogen-bond donors (Lipinski definition) is 2. The van der Waals surface area contributed by atoms with Crippen LogP contribution in [0.3, 0.4) is 0 Å². The van der Waals surface area contributed by atoms with Crippen LogP contribution >= 0.6 is 15.9 Å². The second kappa shape index (κ2) is 6.60. The quantitative estimate of drug-likeness (QED) is 0.848. The number of para-hydroxylation sites is 1. The van der Waals surface area contributed by atoms with Crippen molar-refractivity contribution in [3.8, 4) is 0 Å². The van der Waals surface area contributed by atoms with E-state index in [0.717, 1.165) is 10.0 Å². The predicted molar refractivity (Wildman–Crippen MR) is 88.9 cm³/mol. The van der Waals surface area contributed by atoms with Crippen molar-refractivity contribution in [2.75, 3.05) is 12.4 Å². The molecule has 0 saturated heterocycles. The highest BCUT2D eigenvalue weighted by Gasteiger charge is 2.17. The zero-order valence-electron chi connectivity index (χ0n) is 11.8. The van der Waals surface area contributed by atoms with Crippen LogP contribution in [-0.2, 0) is 10.0 Å². The first-order chi connectivity index (χ1) is 9.94. The number of hydrogen-bond acceptors (Lipinski definition) is 3. The highest BCUT2D eigenvalue weighted by atomic mass is 79.9. The zero-order valence-corrected chi connectivity index (χ0v) is 14.2. The molecule has 2 aromatic rings. The Morgan fingerprint density at radius 1 is 1.05 bits per heavy atom. The third-order valence-corrected chi connectivity index (χ3v) is 5.19. The molecule has 2 N–H and O–H groups in total. The van der Waals surface area contributed by atoms with Crippen LogP contribution in [0.25, 0.3) is 0 Å². The Hall–Kier alpha value is -1.37. The minimum atomic E-state index is -3.48. The van der Waals surface area contributed by atoms with Gasteiger partial charge in [-0.25, -0.2) is 13.1 Å². The number of nitrogens with one attached hydrogen (secondary N) is 2. The molecule has 0 spiro atoms. The molecule has 0 aromatic heterocycles. The minimum Gasteiger partial charge on any atom is -0.377 e. The van der Waals surface area contributed by atoms with E-state index in [9.17, 15) is 8.42 Å².